The molecule has 0 saturated heterocycles. The van der Waals surface area contributed by atoms with Crippen LogP contribution in [-0.4, -0.2) is 10.9 Å². The molecule has 0 bridgehead atoms. The van der Waals surface area contributed by atoms with E-state index in [1.165, 1.54) is 0 Å². The van der Waals surface area contributed by atoms with E-state index >= 15 is 0 Å². The molecule has 0 aliphatic carbocycles. The number of carbonyl (C=O) groups excluding carboxylic acids is 1. The highest BCUT2D eigenvalue weighted by molar-refractivity contribution is 6.32. The Labute approximate surface area is 138 Å². The van der Waals surface area contributed by atoms with Crippen LogP contribution in [0.1, 0.15) is 15.9 Å². The second-order valence-corrected chi connectivity index (χ2v) is 5.57. The number of fused-ring (bicyclic) bond motifs is 2. The first-order chi connectivity index (χ1) is 10.1. The third-order valence-electron chi connectivity index (χ3n) is 3.84. The van der Waals surface area contributed by atoms with E-state index in [2.05, 4.69) is 10.3 Å². The lowest BCUT2D eigenvalue weighted by Crippen LogP contribution is -2.13. The van der Waals surface area contributed by atoms with Crippen LogP contribution >= 0.6 is 24.0 Å². The topological polar surface area (TPSA) is 70.9 Å². The van der Waals surface area contributed by atoms with Gasteiger partial charge < -0.3 is 16.0 Å². The van der Waals surface area contributed by atoms with E-state index in [9.17, 15) is 4.79 Å². The van der Waals surface area contributed by atoms with Gasteiger partial charge in [-0.3, -0.25) is 4.79 Å². The average Bonchev–Trinajstić information content (AvgIpc) is 3.04. The highest BCUT2D eigenvalue weighted by Gasteiger charge is 2.26. The molecule has 0 atom stereocenters. The summed E-state index contributed by atoms with van der Waals surface area (Å²) in [6, 6.07) is 11.4. The van der Waals surface area contributed by atoms with Crippen LogP contribution in [0.2, 0.25) is 5.02 Å². The SMILES string of the molecule is Cl.Nc1ccc2[nH]c(-c3ccc(Cl)c4c3C(=O)NC4)cc2c1. The number of nitrogens with two attached hydrogens (primary N) is 1. The zero-order valence-electron chi connectivity index (χ0n) is 11.4. The Hall–Kier alpha value is -2.17. The molecule has 4 nitrogen and oxygen atoms in total. The Morgan fingerprint density at radius 1 is 1.14 bits per heavy atom. The summed E-state index contributed by atoms with van der Waals surface area (Å²) in [5.74, 6) is -0.0827. The van der Waals surface area contributed by atoms with Gasteiger partial charge >= 0.3 is 0 Å². The van der Waals surface area contributed by atoms with E-state index in [4.69, 9.17) is 17.3 Å². The normalized spacial score (nSPS) is 12.9. The summed E-state index contributed by atoms with van der Waals surface area (Å²) < 4.78 is 0. The molecular formula is C16H13Cl2N3O. The second kappa shape index (κ2) is 5.23. The molecule has 22 heavy (non-hydrogen) atoms. The number of nitrogen functional groups attached to an aromatic ring is 1. The van der Waals surface area contributed by atoms with Crippen LogP contribution in [0.4, 0.5) is 5.69 Å². The maximum absolute atomic E-state index is 12.1. The van der Waals surface area contributed by atoms with Crippen molar-refractivity contribution in [1.29, 1.82) is 0 Å². The van der Waals surface area contributed by atoms with Gasteiger partial charge in [0.1, 0.15) is 0 Å². The Morgan fingerprint density at radius 3 is 2.77 bits per heavy atom. The summed E-state index contributed by atoms with van der Waals surface area (Å²) in [7, 11) is 0. The maximum Gasteiger partial charge on any atom is 0.252 e. The molecule has 0 unspecified atom stereocenters. The molecule has 3 aromatic rings. The number of aromatic nitrogens is 1. The zero-order valence-corrected chi connectivity index (χ0v) is 13.0. The Balaban J connectivity index is 0.00000144. The number of hydrogen-bond acceptors (Lipinski definition) is 2. The van der Waals surface area contributed by atoms with Gasteiger partial charge in [-0.1, -0.05) is 17.7 Å². The van der Waals surface area contributed by atoms with Gasteiger partial charge in [0, 0.05) is 45.0 Å². The van der Waals surface area contributed by atoms with Crippen molar-refractivity contribution < 1.29 is 4.79 Å². The van der Waals surface area contributed by atoms with E-state index in [1.807, 2.05) is 36.4 Å². The Kier molecular flexibility index (Phi) is 3.51. The monoisotopic (exact) mass is 333 g/mol. The minimum atomic E-state index is -0.0827. The van der Waals surface area contributed by atoms with Crippen LogP contribution in [0.5, 0.6) is 0 Å². The molecule has 4 rings (SSSR count). The molecule has 0 saturated carbocycles. The minimum absolute atomic E-state index is 0. The van der Waals surface area contributed by atoms with Crippen molar-refractivity contribution in [3.63, 3.8) is 0 Å². The molecule has 2 aromatic carbocycles. The Morgan fingerprint density at radius 2 is 1.95 bits per heavy atom. The smallest absolute Gasteiger partial charge is 0.252 e. The van der Waals surface area contributed by atoms with Gasteiger partial charge in [0.2, 0.25) is 0 Å². The average molecular weight is 334 g/mol. The minimum Gasteiger partial charge on any atom is -0.399 e. The molecular weight excluding hydrogens is 321 g/mol. The molecule has 6 heteroatoms. The number of benzene rings is 2. The molecule has 1 aliphatic heterocycles. The second-order valence-electron chi connectivity index (χ2n) is 5.16. The summed E-state index contributed by atoms with van der Waals surface area (Å²) >= 11 is 6.17. The number of anilines is 1. The quantitative estimate of drug-likeness (QED) is 0.593. The van der Waals surface area contributed by atoms with Crippen molar-refractivity contribution in [2.24, 2.45) is 0 Å². The number of amides is 1. The first kappa shape index (κ1) is 14.8. The number of hydrogen-bond donors (Lipinski definition) is 3. The highest BCUT2D eigenvalue weighted by Crippen LogP contribution is 2.34. The third kappa shape index (κ3) is 2.12. The van der Waals surface area contributed by atoms with E-state index in [0.29, 0.717) is 22.8 Å². The molecule has 0 spiro atoms. The van der Waals surface area contributed by atoms with E-state index in [1.54, 1.807) is 0 Å². The summed E-state index contributed by atoms with van der Waals surface area (Å²) in [5, 5.41) is 4.46. The lowest BCUT2D eigenvalue weighted by molar-refractivity contribution is 0.0966. The highest BCUT2D eigenvalue weighted by atomic mass is 35.5. The molecule has 0 fully saturated rings. The van der Waals surface area contributed by atoms with E-state index in [0.717, 1.165) is 27.7 Å². The summed E-state index contributed by atoms with van der Waals surface area (Å²) in [6.07, 6.45) is 0. The first-order valence-electron chi connectivity index (χ1n) is 6.61. The van der Waals surface area contributed by atoms with Crippen LogP contribution in [0.15, 0.2) is 36.4 Å². The fourth-order valence-corrected chi connectivity index (χ4v) is 3.06. The third-order valence-corrected chi connectivity index (χ3v) is 4.20. The molecule has 4 N–H and O–H groups in total. The van der Waals surface area contributed by atoms with Gasteiger partial charge in [-0.05, 0) is 30.3 Å². The molecule has 1 aromatic heterocycles. The van der Waals surface area contributed by atoms with Crippen LogP contribution < -0.4 is 11.1 Å². The summed E-state index contributed by atoms with van der Waals surface area (Å²) in [5.41, 5.74) is 10.8. The standard InChI is InChI=1S/C16H12ClN3O.ClH/c17-12-3-2-10(15-11(12)7-19-16(15)21)14-6-8-5-9(18)1-4-13(8)20-14;/h1-6,20H,7,18H2,(H,19,21);1H. The van der Waals surface area contributed by atoms with Gasteiger partial charge in [-0.15, -0.1) is 12.4 Å². The predicted molar refractivity (Wildman–Crippen MR) is 91.6 cm³/mol. The number of aromatic amines is 1. The van der Waals surface area contributed by atoms with Crippen molar-refractivity contribution in [1.82, 2.24) is 10.3 Å². The number of carbonyl (C=O) groups is 1. The lowest BCUT2D eigenvalue weighted by atomic mass is 10.0. The number of rotatable bonds is 1. The maximum atomic E-state index is 12.1. The van der Waals surface area contributed by atoms with Gasteiger partial charge in [-0.2, -0.15) is 0 Å². The molecule has 0 radical (unpaired) electrons. The van der Waals surface area contributed by atoms with Gasteiger partial charge in [0.25, 0.3) is 5.91 Å². The van der Waals surface area contributed by atoms with Crippen molar-refractivity contribution >= 4 is 46.5 Å². The van der Waals surface area contributed by atoms with Crippen LogP contribution in [0.3, 0.4) is 0 Å². The van der Waals surface area contributed by atoms with Crippen molar-refractivity contribution in [2.75, 3.05) is 5.73 Å². The fraction of sp³-hybridized carbons (Fsp3) is 0.0625. The van der Waals surface area contributed by atoms with Gasteiger partial charge in [0.05, 0.1) is 5.56 Å². The lowest BCUT2D eigenvalue weighted by Gasteiger charge is -2.06. The molecule has 1 aliphatic rings. The number of H-pyrrole nitrogens is 1. The molecule has 2 heterocycles. The van der Waals surface area contributed by atoms with Crippen LogP contribution in [-0.2, 0) is 6.54 Å². The van der Waals surface area contributed by atoms with Gasteiger partial charge in [0.15, 0.2) is 0 Å². The van der Waals surface area contributed by atoms with Crippen LogP contribution in [0.25, 0.3) is 22.2 Å². The van der Waals surface area contributed by atoms with Gasteiger partial charge in [-0.25, -0.2) is 0 Å². The van der Waals surface area contributed by atoms with Crippen molar-refractivity contribution in [2.45, 2.75) is 6.54 Å². The van der Waals surface area contributed by atoms with Crippen molar-refractivity contribution in [3.8, 4) is 11.3 Å². The largest absolute Gasteiger partial charge is 0.399 e. The predicted octanol–water partition coefficient (Wildman–Crippen LogP) is 3.74. The van der Waals surface area contributed by atoms with E-state index in [-0.39, 0.29) is 18.3 Å². The summed E-state index contributed by atoms with van der Waals surface area (Å²) in [6.45, 7) is 0.480. The first-order valence-corrected chi connectivity index (χ1v) is 6.99. The molecule has 1 amide bonds. The Bertz CT molecular complexity index is 902. The number of halogens is 2. The molecule has 112 valence electrons. The van der Waals surface area contributed by atoms with Crippen molar-refractivity contribution in [3.05, 3.63) is 52.5 Å². The summed E-state index contributed by atoms with van der Waals surface area (Å²) in [4.78, 5) is 15.4. The van der Waals surface area contributed by atoms with E-state index < -0.39 is 0 Å². The number of nitrogens with one attached hydrogen (secondary N) is 2. The zero-order chi connectivity index (χ0) is 14.6. The van der Waals surface area contributed by atoms with Crippen LogP contribution in [0, 0.1) is 0 Å². The fourth-order valence-electron chi connectivity index (χ4n) is 2.83.